The second-order valence-corrected chi connectivity index (χ2v) is 5.05. The van der Waals surface area contributed by atoms with E-state index in [0.717, 1.165) is 24.7 Å². The van der Waals surface area contributed by atoms with Crippen LogP contribution in [0.2, 0.25) is 0 Å². The van der Waals surface area contributed by atoms with E-state index < -0.39 is 6.43 Å². The minimum Gasteiger partial charge on any atom is -0.297 e. The van der Waals surface area contributed by atoms with Crippen molar-refractivity contribution in [2.75, 3.05) is 13.1 Å². The number of rotatable bonds is 4. The fourth-order valence-corrected chi connectivity index (χ4v) is 2.10. The van der Waals surface area contributed by atoms with Crippen molar-refractivity contribution in [1.82, 2.24) is 9.88 Å². The van der Waals surface area contributed by atoms with Crippen LogP contribution in [0.4, 0.5) is 8.78 Å². The topological polar surface area (TPSA) is 16.1 Å². The van der Waals surface area contributed by atoms with E-state index in [9.17, 15) is 8.78 Å². The number of alkyl halides is 2. The first-order valence-electron chi connectivity index (χ1n) is 6.02. The molecule has 1 saturated heterocycles. The molecule has 1 fully saturated rings. The van der Waals surface area contributed by atoms with Crippen molar-refractivity contribution < 1.29 is 8.78 Å². The molecule has 2 nitrogen and oxygen atoms in total. The van der Waals surface area contributed by atoms with Gasteiger partial charge in [-0.05, 0) is 24.0 Å². The van der Waals surface area contributed by atoms with Gasteiger partial charge in [0.05, 0.1) is 5.69 Å². The molecular formula is C13H18F2N2. The quantitative estimate of drug-likeness (QED) is 0.804. The van der Waals surface area contributed by atoms with Crippen LogP contribution >= 0.6 is 0 Å². The molecule has 0 atom stereocenters. The highest BCUT2D eigenvalue weighted by atomic mass is 19.3. The summed E-state index contributed by atoms with van der Waals surface area (Å²) in [6.45, 7) is 7.23. The van der Waals surface area contributed by atoms with Gasteiger partial charge in [0.2, 0.25) is 0 Å². The molecule has 1 aliphatic heterocycles. The summed E-state index contributed by atoms with van der Waals surface area (Å²) in [5, 5.41) is 0. The molecule has 0 spiro atoms. The molecule has 94 valence electrons. The Balaban J connectivity index is 1.90. The highest BCUT2D eigenvalue weighted by Gasteiger charge is 2.29. The van der Waals surface area contributed by atoms with Crippen LogP contribution in [0.15, 0.2) is 18.2 Å². The highest BCUT2D eigenvalue weighted by Crippen LogP contribution is 2.25. The molecule has 1 aromatic heterocycles. The van der Waals surface area contributed by atoms with Crippen molar-refractivity contribution in [3.63, 3.8) is 0 Å². The second kappa shape index (κ2) is 5.08. The highest BCUT2D eigenvalue weighted by molar-refractivity contribution is 5.12. The number of likely N-dealkylation sites (tertiary alicyclic amines) is 1. The molecule has 1 aliphatic rings. The van der Waals surface area contributed by atoms with Crippen LogP contribution in [-0.4, -0.2) is 23.0 Å². The first kappa shape index (κ1) is 12.4. The summed E-state index contributed by atoms with van der Waals surface area (Å²) in [6, 6.07) is 4.85. The minimum absolute atomic E-state index is 0.122. The fourth-order valence-electron chi connectivity index (χ4n) is 2.10. The lowest BCUT2D eigenvalue weighted by Crippen LogP contribution is -2.48. The zero-order valence-corrected chi connectivity index (χ0v) is 10.2. The first-order valence-corrected chi connectivity index (χ1v) is 6.02. The maximum atomic E-state index is 12.5. The Morgan fingerprint density at radius 3 is 2.65 bits per heavy atom. The van der Waals surface area contributed by atoms with Crippen molar-refractivity contribution >= 4 is 0 Å². The second-order valence-electron chi connectivity index (χ2n) is 5.05. The standard InChI is InChI=1S/C13H18F2N2/c1-9(2)10-6-17(7-10)8-11-4-3-5-12(16-11)13(14)15/h3-5,9-10,13H,6-8H2,1-2H3. The van der Waals surface area contributed by atoms with E-state index in [-0.39, 0.29) is 5.69 Å². The van der Waals surface area contributed by atoms with Gasteiger partial charge in [0.25, 0.3) is 6.43 Å². The molecule has 0 amide bonds. The van der Waals surface area contributed by atoms with E-state index in [4.69, 9.17) is 0 Å². The van der Waals surface area contributed by atoms with Gasteiger partial charge in [-0.2, -0.15) is 0 Å². The van der Waals surface area contributed by atoms with Crippen LogP contribution in [0.1, 0.15) is 31.7 Å². The van der Waals surface area contributed by atoms with Gasteiger partial charge in [0.1, 0.15) is 5.69 Å². The molecule has 0 saturated carbocycles. The van der Waals surface area contributed by atoms with E-state index in [1.807, 2.05) is 6.07 Å². The molecule has 0 unspecified atom stereocenters. The van der Waals surface area contributed by atoms with Gasteiger partial charge in [0.15, 0.2) is 0 Å². The van der Waals surface area contributed by atoms with E-state index in [2.05, 4.69) is 23.7 Å². The van der Waals surface area contributed by atoms with Gasteiger partial charge < -0.3 is 0 Å². The minimum atomic E-state index is -2.48. The average Bonchev–Trinajstić information content (AvgIpc) is 2.22. The molecule has 17 heavy (non-hydrogen) atoms. The van der Waals surface area contributed by atoms with Crippen molar-refractivity contribution in [2.45, 2.75) is 26.8 Å². The van der Waals surface area contributed by atoms with Crippen LogP contribution in [-0.2, 0) is 6.54 Å². The summed E-state index contributed by atoms with van der Waals surface area (Å²) < 4.78 is 24.9. The molecule has 0 aliphatic carbocycles. The molecule has 1 aromatic rings. The number of halogens is 2. The third-order valence-corrected chi connectivity index (χ3v) is 3.37. The van der Waals surface area contributed by atoms with Gasteiger partial charge in [-0.1, -0.05) is 19.9 Å². The summed E-state index contributed by atoms with van der Waals surface area (Å²) >= 11 is 0. The van der Waals surface area contributed by atoms with Crippen LogP contribution in [0.5, 0.6) is 0 Å². The Morgan fingerprint density at radius 1 is 1.35 bits per heavy atom. The maximum absolute atomic E-state index is 12.5. The third-order valence-electron chi connectivity index (χ3n) is 3.37. The summed E-state index contributed by atoms with van der Waals surface area (Å²) in [4.78, 5) is 6.22. The van der Waals surface area contributed by atoms with Gasteiger partial charge in [-0.25, -0.2) is 8.78 Å². The van der Waals surface area contributed by atoms with Crippen molar-refractivity contribution in [3.05, 3.63) is 29.6 Å². The fraction of sp³-hybridized carbons (Fsp3) is 0.615. The van der Waals surface area contributed by atoms with E-state index in [1.165, 1.54) is 6.07 Å². The largest absolute Gasteiger partial charge is 0.297 e. The molecule has 2 rings (SSSR count). The Hall–Kier alpha value is -1.03. The number of hydrogen-bond donors (Lipinski definition) is 0. The van der Waals surface area contributed by atoms with E-state index in [0.29, 0.717) is 12.5 Å². The molecule has 0 bridgehead atoms. The smallest absolute Gasteiger partial charge is 0.280 e. The van der Waals surface area contributed by atoms with Crippen LogP contribution in [0.3, 0.4) is 0 Å². The Morgan fingerprint density at radius 2 is 2.06 bits per heavy atom. The first-order chi connectivity index (χ1) is 8.06. The van der Waals surface area contributed by atoms with E-state index in [1.54, 1.807) is 6.07 Å². The normalized spacial score (nSPS) is 17.8. The molecule has 0 aromatic carbocycles. The Labute approximate surface area is 101 Å². The van der Waals surface area contributed by atoms with Gasteiger partial charge in [-0.15, -0.1) is 0 Å². The lowest BCUT2D eigenvalue weighted by atomic mass is 9.88. The number of aromatic nitrogens is 1. The van der Waals surface area contributed by atoms with E-state index >= 15 is 0 Å². The SMILES string of the molecule is CC(C)C1CN(Cc2cccc(C(F)F)n2)C1. The predicted molar refractivity (Wildman–Crippen MR) is 62.8 cm³/mol. The number of pyridine rings is 1. The molecule has 0 radical (unpaired) electrons. The van der Waals surface area contributed by atoms with Gasteiger partial charge >= 0.3 is 0 Å². The monoisotopic (exact) mass is 240 g/mol. The summed E-state index contributed by atoms with van der Waals surface area (Å²) in [5.41, 5.74) is 0.619. The summed E-state index contributed by atoms with van der Waals surface area (Å²) in [5.74, 6) is 1.44. The molecule has 2 heterocycles. The molecular weight excluding hydrogens is 222 g/mol. The van der Waals surface area contributed by atoms with Gasteiger partial charge in [0, 0.05) is 19.6 Å². The van der Waals surface area contributed by atoms with Crippen molar-refractivity contribution in [3.8, 4) is 0 Å². The Kier molecular flexibility index (Phi) is 3.72. The Bertz CT molecular complexity index is 373. The number of hydrogen-bond acceptors (Lipinski definition) is 2. The van der Waals surface area contributed by atoms with Gasteiger partial charge in [-0.3, -0.25) is 9.88 Å². The van der Waals surface area contributed by atoms with Crippen LogP contribution in [0.25, 0.3) is 0 Å². The average molecular weight is 240 g/mol. The van der Waals surface area contributed by atoms with Crippen LogP contribution < -0.4 is 0 Å². The van der Waals surface area contributed by atoms with Crippen molar-refractivity contribution in [1.29, 1.82) is 0 Å². The lowest BCUT2D eigenvalue weighted by molar-refractivity contribution is 0.0599. The zero-order chi connectivity index (χ0) is 12.4. The zero-order valence-electron chi connectivity index (χ0n) is 10.2. The maximum Gasteiger partial charge on any atom is 0.280 e. The molecule has 4 heteroatoms. The molecule has 0 N–H and O–H groups in total. The van der Waals surface area contributed by atoms with Crippen LogP contribution in [0, 0.1) is 11.8 Å². The number of nitrogens with zero attached hydrogens (tertiary/aromatic N) is 2. The predicted octanol–water partition coefficient (Wildman–Crippen LogP) is 3.11. The summed E-state index contributed by atoms with van der Waals surface area (Å²) in [6.07, 6.45) is -2.48. The lowest BCUT2D eigenvalue weighted by Gasteiger charge is -2.41. The van der Waals surface area contributed by atoms with Crippen molar-refractivity contribution in [2.24, 2.45) is 11.8 Å². The third kappa shape index (κ3) is 3.00. The summed E-state index contributed by atoms with van der Waals surface area (Å²) in [7, 11) is 0.